The van der Waals surface area contributed by atoms with Crippen LogP contribution in [0.4, 0.5) is 0 Å². The number of hydrogen-bond acceptors (Lipinski definition) is 2. The maximum Gasteiger partial charge on any atom is 0.0490 e. The van der Waals surface area contributed by atoms with E-state index >= 15 is 0 Å². The Morgan fingerprint density at radius 2 is 2.00 bits per heavy atom. The van der Waals surface area contributed by atoms with Crippen LogP contribution in [-0.2, 0) is 0 Å². The molecule has 19 heavy (non-hydrogen) atoms. The highest BCUT2D eigenvalue weighted by Crippen LogP contribution is 2.38. The summed E-state index contributed by atoms with van der Waals surface area (Å²) in [6.45, 7) is 4.41. The topological polar surface area (TPSA) is 38.0 Å². The zero-order valence-corrected chi connectivity index (χ0v) is 12.7. The maximum atomic E-state index is 6.04. The summed E-state index contributed by atoms with van der Waals surface area (Å²) in [5.41, 5.74) is 5.57. The standard InChI is InChI=1S/C16H25ClN2/c1-3-12-4-6-13(7-5-12)16(19-18)15-9-8-14(17)10-11(15)2/h8-10,12-13,16,19H,3-7,18H2,1-2H3. The van der Waals surface area contributed by atoms with E-state index in [-0.39, 0.29) is 6.04 Å². The Hall–Kier alpha value is -0.570. The van der Waals surface area contributed by atoms with Gasteiger partial charge in [0.1, 0.15) is 0 Å². The second-order valence-corrected chi connectivity index (χ2v) is 6.27. The second-order valence-electron chi connectivity index (χ2n) is 5.83. The highest BCUT2D eigenvalue weighted by molar-refractivity contribution is 6.30. The molecule has 1 saturated carbocycles. The molecule has 0 aromatic heterocycles. The van der Waals surface area contributed by atoms with E-state index in [4.69, 9.17) is 17.4 Å². The minimum Gasteiger partial charge on any atom is -0.271 e. The van der Waals surface area contributed by atoms with Crippen LogP contribution in [-0.4, -0.2) is 0 Å². The largest absolute Gasteiger partial charge is 0.271 e. The van der Waals surface area contributed by atoms with E-state index in [1.54, 1.807) is 0 Å². The SMILES string of the molecule is CCC1CCC(C(NN)c2ccc(Cl)cc2C)CC1. The molecule has 1 aliphatic rings. The third-order valence-corrected chi connectivity index (χ3v) is 4.92. The molecule has 1 aliphatic carbocycles. The first-order valence-corrected chi connectivity index (χ1v) is 7.75. The molecule has 2 nitrogen and oxygen atoms in total. The van der Waals surface area contributed by atoms with Crippen molar-refractivity contribution in [1.29, 1.82) is 0 Å². The third kappa shape index (κ3) is 3.50. The number of aryl methyl sites for hydroxylation is 1. The fourth-order valence-electron chi connectivity index (χ4n) is 3.40. The van der Waals surface area contributed by atoms with Gasteiger partial charge in [-0.05, 0) is 54.9 Å². The van der Waals surface area contributed by atoms with E-state index in [2.05, 4.69) is 25.3 Å². The fourth-order valence-corrected chi connectivity index (χ4v) is 3.62. The molecule has 0 spiro atoms. The van der Waals surface area contributed by atoms with Crippen LogP contribution in [0.1, 0.15) is 56.2 Å². The molecule has 106 valence electrons. The van der Waals surface area contributed by atoms with Crippen LogP contribution in [0.5, 0.6) is 0 Å². The Kier molecular flexibility index (Phi) is 5.26. The summed E-state index contributed by atoms with van der Waals surface area (Å²) in [6.07, 6.45) is 6.54. The van der Waals surface area contributed by atoms with Crippen molar-refractivity contribution in [2.45, 2.75) is 52.0 Å². The van der Waals surface area contributed by atoms with Gasteiger partial charge in [0.25, 0.3) is 0 Å². The monoisotopic (exact) mass is 280 g/mol. The fraction of sp³-hybridized carbons (Fsp3) is 0.625. The molecular weight excluding hydrogens is 256 g/mol. The van der Waals surface area contributed by atoms with Gasteiger partial charge >= 0.3 is 0 Å². The van der Waals surface area contributed by atoms with Gasteiger partial charge in [0.2, 0.25) is 0 Å². The average Bonchev–Trinajstić information content (AvgIpc) is 2.42. The second kappa shape index (κ2) is 6.74. The van der Waals surface area contributed by atoms with Crippen molar-refractivity contribution in [3.05, 3.63) is 34.3 Å². The number of nitrogens with two attached hydrogens (primary N) is 1. The molecule has 0 amide bonds. The van der Waals surface area contributed by atoms with Crippen molar-refractivity contribution in [3.63, 3.8) is 0 Å². The van der Waals surface area contributed by atoms with Gasteiger partial charge in [-0.15, -0.1) is 0 Å². The summed E-state index contributed by atoms with van der Waals surface area (Å²) in [5, 5.41) is 0.798. The Balaban J connectivity index is 2.12. The molecule has 1 aromatic rings. The molecule has 0 saturated heterocycles. The van der Waals surface area contributed by atoms with E-state index in [0.29, 0.717) is 5.92 Å². The summed E-state index contributed by atoms with van der Waals surface area (Å²) >= 11 is 6.04. The number of benzene rings is 1. The van der Waals surface area contributed by atoms with Gasteiger partial charge in [0.15, 0.2) is 0 Å². The molecule has 0 bridgehead atoms. The summed E-state index contributed by atoms with van der Waals surface area (Å²) in [7, 11) is 0. The maximum absolute atomic E-state index is 6.04. The molecule has 2 rings (SSSR count). The van der Waals surface area contributed by atoms with Crippen LogP contribution >= 0.6 is 11.6 Å². The van der Waals surface area contributed by atoms with Gasteiger partial charge in [0, 0.05) is 11.1 Å². The van der Waals surface area contributed by atoms with Crippen LogP contribution in [0.2, 0.25) is 5.02 Å². The molecule has 3 N–H and O–H groups in total. The van der Waals surface area contributed by atoms with E-state index in [9.17, 15) is 0 Å². The Morgan fingerprint density at radius 3 is 2.53 bits per heavy atom. The van der Waals surface area contributed by atoms with Crippen molar-refractivity contribution in [2.24, 2.45) is 17.7 Å². The Labute approximate surface area is 121 Å². The lowest BCUT2D eigenvalue weighted by Crippen LogP contribution is -2.35. The van der Waals surface area contributed by atoms with E-state index in [0.717, 1.165) is 10.9 Å². The quantitative estimate of drug-likeness (QED) is 0.635. The van der Waals surface area contributed by atoms with Crippen molar-refractivity contribution in [1.82, 2.24) is 5.43 Å². The normalized spacial score (nSPS) is 25.3. The number of nitrogens with one attached hydrogen (secondary N) is 1. The molecule has 0 heterocycles. The van der Waals surface area contributed by atoms with Crippen LogP contribution in [0.3, 0.4) is 0 Å². The summed E-state index contributed by atoms with van der Waals surface area (Å²) in [6, 6.07) is 6.37. The van der Waals surface area contributed by atoms with Crippen molar-refractivity contribution >= 4 is 11.6 Å². The van der Waals surface area contributed by atoms with Gasteiger partial charge in [-0.1, -0.05) is 43.9 Å². The van der Waals surface area contributed by atoms with Crippen LogP contribution in [0.25, 0.3) is 0 Å². The first-order chi connectivity index (χ1) is 9.15. The third-order valence-electron chi connectivity index (χ3n) is 4.69. The number of hydrazine groups is 1. The molecule has 1 atom stereocenters. The van der Waals surface area contributed by atoms with Gasteiger partial charge in [-0.3, -0.25) is 11.3 Å². The molecule has 1 fully saturated rings. The average molecular weight is 281 g/mol. The minimum absolute atomic E-state index is 0.259. The van der Waals surface area contributed by atoms with Gasteiger partial charge in [0.05, 0.1) is 0 Å². The predicted molar refractivity (Wildman–Crippen MR) is 82.0 cm³/mol. The van der Waals surface area contributed by atoms with Gasteiger partial charge in [-0.2, -0.15) is 0 Å². The molecular formula is C16H25ClN2. The lowest BCUT2D eigenvalue weighted by Gasteiger charge is -2.34. The van der Waals surface area contributed by atoms with Crippen LogP contribution in [0, 0.1) is 18.8 Å². The van der Waals surface area contributed by atoms with Crippen molar-refractivity contribution < 1.29 is 0 Å². The molecule has 1 aromatic carbocycles. The summed E-state index contributed by atoms with van der Waals surface area (Å²) in [4.78, 5) is 0. The van der Waals surface area contributed by atoms with Crippen LogP contribution in [0.15, 0.2) is 18.2 Å². The lowest BCUT2D eigenvalue weighted by atomic mass is 9.75. The number of halogens is 1. The predicted octanol–water partition coefficient (Wildman–Crippen LogP) is 4.37. The Morgan fingerprint density at radius 1 is 1.32 bits per heavy atom. The highest BCUT2D eigenvalue weighted by Gasteiger charge is 2.28. The lowest BCUT2D eigenvalue weighted by molar-refractivity contribution is 0.219. The molecule has 0 radical (unpaired) electrons. The van der Waals surface area contributed by atoms with Crippen molar-refractivity contribution in [2.75, 3.05) is 0 Å². The minimum atomic E-state index is 0.259. The van der Waals surface area contributed by atoms with E-state index < -0.39 is 0 Å². The summed E-state index contributed by atoms with van der Waals surface area (Å²) < 4.78 is 0. The first kappa shape index (κ1) is 14.8. The van der Waals surface area contributed by atoms with E-state index in [1.807, 2.05) is 12.1 Å². The smallest absolute Gasteiger partial charge is 0.0490 e. The molecule has 0 aliphatic heterocycles. The zero-order valence-electron chi connectivity index (χ0n) is 12.0. The Bertz CT molecular complexity index is 411. The van der Waals surface area contributed by atoms with Crippen molar-refractivity contribution in [3.8, 4) is 0 Å². The van der Waals surface area contributed by atoms with Crippen LogP contribution < -0.4 is 11.3 Å². The molecule has 1 unspecified atom stereocenters. The summed E-state index contributed by atoms with van der Waals surface area (Å²) in [5.74, 6) is 7.39. The number of hydrogen-bond donors (Lipinski definition) is 2. The van der Waals surface area contributed by atoms with E-state index in [1.165, 1.54) is 43.2 Å². The zero-order chi connectivity index (χ0) is 13.8. The molecule has 3 heteroatoms. The first-order valence-electron chi connectivity index (χ1n) is 7.37. The number of rotatable bonds is 4. The van der Waals surface area contributed by atoms with Gasteiger partial charge in [-0.25, -0.2) is 0 Å². The van der Waals surface area contributed by atoms with Gasteiger partial charge < -0.3 is 0 Å². The highest BCUT2D eigenvalue weighted by atomic mass is 35.5.